The molecule has 104 valence electrons. The van der Waals surface area contributed by atoms with Crippen LogP contribution in [0.2, 0.25) is 10.0 Å². The van der Waals surface area contributed by atoms with E-state index >= 15 is 0 Å². The van der Waals surface area contributed by atoms with Crippen LogP contribution < -0.4 is 16.6 Å². The number of carbonyl (C=O) groups excluding carboxylic acids is 1. The van der Waals surface area contributed by atoms with Gasteiger partial charge in [-0.3, -0.25) is 15.6 Å². The van der Waals surface area contributed by atoms with Gasteiger partial charge in [0, 0.05) is 5.02 Å². The Morgan fingerprint density at radius 2 is 2.20 bits per heavy atom. The summed E-state index contributed by atoms with van der Waals surface area (Å²) in [5.74, 6) is -0.500. The molecule has 9 heteroatoms. The second-order valence-corrected chi connectivity index (χ2v) is 5.03. The monoisotopic (exact) mass is 329 g/mol. The van der Waals surface area contributed by atoms with Gasteiger partial charge in [-0.2, -0.15) is 10.1 Å². The Bertz CT molecular complexity index is 646. The predicted octanol–water partition coefficient (Wildman–Crippen LogP) is 1.87. The number of nitrogens with zero attached hydrogens (tertiary/aromatic N) is 2. The first-order valence-corrected chi connectivity index (χ1v) is 6.45. The van der Waals surface area contributed by atoms with Crippen molar-refractivity contribution < 1.29 is 4.79 Å². The van der Waals surface area contributed by atoms with E-state index in [1.807, 2.05) is 0 Å². The Morgan fingerprint density at radius 3 is 2.75 bits per heavy atom. The molecule has 6 nitrogen and oxygen atoms in total. The van der Waals surface area contributed by atoms with Gasteiger partial charge in [-0.05, 0) is 30.4 Å². The number of hydrazone groups is 1. The molecule has 1 aromatic carbocycles. The van der Waals surface area contributed by atoms with E-state index in [0.29, 0.717) is 15.7 Å². The lowest BCUT2D eigenvalue weighted by Crippen LogP contribution is -2.43. The van der Waals surface area contributed by atoms with Crippen molar-refractivity contribution in [2.75, 3.05) is 5.43 Å². The first-order chi connectivity index (χ1) is 9.40. The third kappa shape index (κ3) is 2.84. The number of hydrogen-bond acceptors (Lipinski definition) is 5. The van der Waals surface area contributed by atoms with Crippen LogP contribution in [0.15, 0.2) is 35.6 Å². The van der Waals surface area contributed by atoms with Gasteiger partial charge in [0.1, 0.15) is 0 Å². The van der Waals surface area contributed by atoms with Crippen LogP contribution in [0.3, 0.4) is 0 Å². The lowest BCUT2D eigenvalue weighted by Gasteiger charge is -2.11. The number of amides is 1. The number of thiocarbonyl (C=S) groups is 1. The van der Waals surface area contributed by atoms with Gasteiger partial charge in [-0.15, -0.1) is 0 Å². The van der Waals surface area contributed by atoms with E-state index in [1.54, 1.807) is 18.2 Å². The predicted molar refractivity (Wildman–Crippen MR) is 83.4 cm³/mol. The second kappa shape index (κ2) is 5.66. The maximum absolute atomic E-state index is 11.9. The Balaban J connectivity index is 2.21. The standard InChI is InChI=1S/C11H9Cl2N5OS/c1-5-9(10(19)18(17-5)11(14)20)16-15-8-3-2-6(12)4-7(8)13/h2-4,15,17H,1H2,(H2,14,20)/b16-9+. The molecule has 1 fully saturated rings. The Kier molecular flexibility index (Phi) is 4.12. The van der Waals surface area contributed by atoms with Gasteiger partial charge >= 0.3 is 5.91 Å². The third-order valence-corrected chi connectivity index (χ3v) is 3.11. The van der Waals surface area contributed by atoms with Gasteiger partial charge in [0.25, 0.3) is 0 Å². The lowest BCUT2D eigenvalue weighted by atomic mass is 10.3. The van der Waals surface area contributed by atoms with E-state index in [2.05, 4.69) is 22.5 Å². The summed E-state index contributed by atoms with van der Waals surface area (Å²) in [6.45, 7) is 3.65. The molecule has 1 amide bonds. The number of nitrogens with two attached hydrogens (primary N) is 1. The van der Waals surface area contributed by atoms with Crippen LogP contribution in [0.4, 0.5) is 5.69 Å². The summed E-state index contributed by atoms with van der Waals surface area (Å²) in [7, 11) is 0. The van der Waals surface area contributed by atoms with Crippen LogP contribution in [0.25, 0.3) is 0 Å². The Hall–Kier alpha value is -1.83. The highest BCUT2D eigenvalue weighted by atomic mass is 35.5. The summed E-state index contributed by atoms with van der Waals surface area (Å²) in [6, 6.07) is 4.83. The summed E-state index contributed by atoms with van der Waals surface area (Å²) in [4.78, 5) is 11.9. The number of anilines is 1. The zero-order chi connectivity index (χ0) is 14.9. The molecule has 0 radical (unpaired) electrons. The van der Waals surface area contributed by atoms with Crippen LogP contribution in [-0.4, -0.2) is 21.7 Å². The molecule has 2 rings (SSSR count). The van der Waals surface area contributed by atoms with Crippen molar-refractivity contribution in [3.63, 3.8) is 0 Å². The number of carbonyl (C=O) groups is 1. The van der Waals surface area contributed by atoms with Gasteiger partial charge in [0.2, 0.25) is 0 Å². The minimum absolute atomic E-state index is 0.0591. The molecule has 20 heavy (non-hydrogen) atoms. The fourth-order valence-corrected chi connectivity index (χ4v) is 2.02. The number of halogens is 2. The lowest BCUT2D eigenvalue weighted by molar-refractivity contribution is -0.120. The summed E-state index contributed by atoms with van der Waals surface area (Å²) >= 11 is 16.5. The van der Waals surface area contributed by atoms with Crippen LogP contribution in [0, 0.1) is 0 Å². The first kappa shape index (κ1) is 14.6. The average molecular weight is 330 g/mol. The molecular formula is C11H9Cl2N5OS. The summed E-state index contributed by atoms with van der Waals surface area (Å²) in [6.07, 6.45) is 0. The number of hydrogen-bond donors (Lipinski definition) is 3. The highest BCUT2D eigenvalue weighted by Gasteiger charge is 2.32. The van der Waals surface area contributed by atoms with Crippen molar-refractivity contribution in [2.24, 2.45) is 10.8 Å². The van der Waals surface area contributed by atoms with Gasteiger partial charge < -0.3 is 5.73 Å². The van der Waals surface area contributed by atoms with Crippen molar-refractivity contribution in [2.45, 2.75) is 0 Å². The molecule has 0 saturated carbocycles. The second-order valence-electron chi connectivity index (χ2n) is 3.77. The zero-order valence-electron chi connectivity index (χ0n) is 9.98. The third-order valence-electron chi connectivity index (χ3n) is 2.38. The molecule has 0 atom stereocenters. The van der Waals surface area contributed by atoms with Gasteiger partial charge in [-0.1, -0.05) is 29.8 Å². The summed E-state index contributed by atoms with van der Waals surface area (Å²) < 4.78 is 0. The Labute approximate surface area is 130 Å². The van der Waals surface area contributed by atoms with E-state index in [-0.39, 0.29) is 16.5 Å². The molecular weight excluding hydrogens is 321 g/mol. The van der Waals surface area contributed by atoms with Crippen molar-refractivity contribution in [3.05, 3.63) is 40.5 Å². The highest BCUT2D eigenvalue weighted by molar-refractivity contribution is 7.80. The van der Waals surface area contributed by atoms with Crippen LogP contribution in [0.1, 0.15) is 0 Å². The first-order valence-electron chi connectivity index (χ1n) is 5.28. The van der Waals surface area contributed by atoms with Gasteiger partial charge in [0.05, 0.1) is 16.4 Å². The van der Waals surface area contributed by atoms with Crippen LogP contribution in [-0.2, 0) is 4.79 Å². The van der Waals surface area contributed by atoms with E-state index < -0.39 is 5.91 Å². The molecule has 1 heterocycles. The smallest absolute Gasteiger partial charge is 0.301 e. The molecule has 0 unspecified atom stereocenters. The van der Waals surface area contributed by atoms with Crippen molar-refractivity contribution >= 4 is 57.8 Å². The maximum Gasteiger partial charge on any atom is 0.301 e. The average Bonchev–Trinajstić information content (AvgIpc) is 2.65. The van der Waals surface area contributed by atoms with E-state index in [0.717, 1.165) is 5.01 Å². The van der Waals surface area contributed by atoms with Crippen LogP contribution >= 0.6 is 35.4 Å². The highest BCUT2D eigenvalue weighted by Crippen LogP contribution is 2.25. The zero-order valence-corrected chi connectivity index (χ0v) is 12.3. The molecule has 1 aromatic rings. The molecule has 1 aliphatic rings. The maximum atomic E-state index is 11.9. The molecule has 0 bridgehead atoms. The van der Waals surface area contributed by atoms with Crippen molar-refractivity contribution in [3.8, 4) is 0 Å². The number of benzene rings is 1. The van der Waals surface area contributed by atoms with Gasteiger partial charge in [-0.25, -0.2) is 0 Å². The summed E-state index contributed by atoms with van der Waals surface area (Å²) in [5, 5.41) is 5.67. The summed E-state index contributed by atoms with van der Waals surface area (Å²) in [5.41, 5.74) is 11.5. The van der Waals surface area contributed by atoms with Crippen molar-refractivity contribution in [1.29, 1.82) is 0 Å². The molecule has 0 aliphatic carbocycles. The molecule has 1 aliphatic heterocycles. The quantitative estimate of drug-likeness (QED) is 0.570. The van der Waals surface area contributed by atoms with E-state index in [1.165, 1.54) is 0 Å². The normalized spacial score (nSPS) is 16.5. The van der Waals surface area contributed by atoms with Gasteiger partial charge in [0.15, 0.2) is 10.8 Å². The van der Waals surface area contributed by atoms with Crippen molar-refractivity contribution in [1.82, 2.24) is 10.4 Å². The molecule has 0 aromatic heterocycles. The molecule has 0 spiro atoms. The fraction of sp³-hybridized carbons (Fsp3) is 0. The number of nitrogens with one attached hydrogen (secondary N) is 2. The minimum atomic E-state index is -0.500. The van der Waals surface area contributed by atoms with Crippen LogP contribution in [0.5, 0.6) is 0 Å². The number of hydrazine groups is 1. The van der Waals surface area contributed by atoms with E-state index in [4.69, 9.17) is 41.2 Å². The SMILES string of the molecule is C=C1NN(C(N)=S)C(=O)/C1=N/Nc1ccc(Cl)cc1Cl. The van der Waals surface area contributed by atoms with E-state index in [9.17, 15) is 4.79 Å². The Morgan fingerprint density at radius 1 is 1.50 bits per heavy atom. The fourth-order valence-electron chi connectivity index (χ4n) is 1.44. The molecule has 1 saturated heterocycles. The largest absolute Gasteiger partial charge is 0.374 e. The topological polar surface area (TPSA) is 82.8 Å². The number of rotatable bonds is 2. The minimum Gasteiger partial charge on any atom is -0.374 e. The molecule has 4 N–H and O–H groups in total.